The van der Waals surface area contributed by atoms with Crippen molar-refractivity contribution in [3.05, 3.63) is 0 Å². The van der Waals surface area contributed by atoms with Gasteiger partial charge in [-0.15, -0.1) is 0 Å². The predicted octanol–water partition coefficient (Wildman–Crippen LogP) is -1.88. The predicted molar refractivity (Wildman–Crippen MR) is 30.1 cm³/mol. The normalized spacial score (nSPS) is 7.89. The summed E-state index contributed by atoms with van der Waals surface area (Å²) in [6.07, 6.45) is 0. The van der Waals surface area contributed by atoms with Gasteiger partial charge in [0.1, 0.15) is 0 Å². The Kier molecular flexibility index (Phi) is 15.5. The zero-order valence-electron chi connectivity index (χ0n) is 3.63. The van der Waals surface area contributed by atoms with E-state index in [0.717, 1.165) is 0 Å². The molecule has 6 nitrogen and oxygen atoms in total. The average molecular weight is 168 g/mol. The Bertz CT molecular complexity index is 87.0. The van der Waals surface area contributed by atoms with Crippen LogP contribution >= 0.6 is 7.82 Å². The summed E-state index contributed by atoms with van der Waals surface area (Å²) in [5.74, 6) is 0. The maximum atomic E-state index is 8.88. The Balaban J connectivity index is -0.0000000800. The van der Waals surface area contributed by atoms with E-state index in [9.17, 15) is 0 Å². The van der Waals surface area contributed by atoms with E-state index in [0.29, 0.717) is 0 Å². The Morgan fingerprint density at radius 1 is 1.22 bits per heavy atom. The molecule has 0 bridgehead atoms. The van der Waals surface area contributed by atoms with E-state index in [-0.39, 0.29) is 36.0 Å². The third kappa shape index (κ3) is 1100. The van der Waals surface area contributed by atoms with Crippen molar-refractivity contribution in [1.82, 2.24) is 0 Å². The Hall–Kier alpha value is 0.580. The SMILES string of the molecule is O=CO.O=P(O)(O)O.[NaH]. The van der Waals surface area contributed by atoms with Crippen molar-refractivity contribution in [3.63, 3.8) is 0 Å². The fraction of sp³-hybridized carbons (Fsp3) is 0. The van der Waals surface area contributed by atoms with Crippen molar-refractivity contribution in [2.75, 3.05) is 0 Å². The zero-order valence-corrected chi connectivity index (χ0v) is 4.52. The molecule has 0 aliphatic carbocycles. The molecule has 0 rings (SSSR count). The van der Waals surface area contributed by atoms with Gasteiger partial charge in [0.15, 0.2) is 0 Å². The molecular weight excluding hydrogens is 162 g/mol. The van der Waals surface area contributed by atoms with Crippen LogP contribution in [-0.2, 0) is 9.36 Å². The first-order chi connectivity index (χ1) is 3.41. The molecule has 0 saturated carbocycles. The van der Waals surface area contributed by atoms with Crippen LogP contribution in [0.1, 0.15) is 0 Å². The fourth-order valence-electron chi connectivity index (χ4n) is 0. The molecule has 4 N–H and O–H groups in total. The molecular formula is CH6NaO6P. The van der Waals surface area contributed by atoms with Crippen LogP contribution < -0.4 is 0 Å². The zero-order chi connectivity index (χ0) is 7.21. The Morgan fingerprint density at radius 3 is 1.22 bits per heavy atom. The van der Waals surface area contributed by atoms with Gasteiger partial charge in [0, 0.05) is 0 Å². The van der Waals surface area contributed by atoms with Crippen molar-refractivity contribution in [3.8, 4) is 0 Å². The van der Waals surface area contributed by atoms with E-state index in [1.165, 1.54) is 0 Å². The van der Waals surface area contributed by atoms with E-state index < -0.39 is 7.82 Å². The third-order valence-electron chi connectivity index (χ3n) is 0. The monoisotopic (exact) mass is 168 g/mol. The summed E-state index contributed by atoms with van der Waals surface area (Å²) in [7, 11) is -4.64. The van der Waals surface area contributed by atoms with Crippen molar-refractivity contribution < 1.29 is 29.1 Å². The fourth-order valence-corrected chi connectivity index (χ4v) is 0. The van der Waals surface area contributed by atoms with Gasteiger partial charge >= 0.3 is 37.4 Å². The molecule has 0 radical (unpaired) electrons. The van der Waals surface area contributed by atoms with Crippen molar-refractivity contribution in [2.24, 2.45) is 0 Å². The summed E-state index contributed by atoms with van der Waals surface area (Å²) in [5, 5.41) is 6.89. The Morgan fingerprint density at radius 2 is 1.22 bits per heavy atom. The van der Waals surface area contributed by atoms with Crippen LogP contribution in [0.25, 0.3) is 0 Å². The van der Waals surface area contributed by atoms with E-state index in [1.54, 1.807) is 0 Å². The van der Waals surface area contributed by atoms with Crippen LogP contribution in [0, 0.1) is 0 Å². The van der Waals surface area contributed by atoms with Gasteiger partial charge in [0.2, 0.25) is 0 Å². The number of hydrogen-bond acceptors (Lipinski definition) is 2. The summed E-state index contributed by atoms with van der Waals surface area (Å²) in [4.78, 5) is 29.9. The minimum atomic E-state index is -4.64. The standard InChI is InChI=1S/CH2O2.Na.H3O4P.H/c2-1-3;;1-5(2,3)4;/h1H,(H,2,3);;(H3,1,2,3,4);. The van der Waals surface area contributed by atoms with Crippen LogP contribution in [0.2, 0.25) is 0 Å². The van der Waals surface area contributed by atoms with Gasteiger partial charge in [0.25, 0.3) is 6.47 Å². The maximum absolute atomic E-state index is 8.88. The molecule has 0 aromatic carbocycles. The average Bonchev–Trinajstić information content (AvgIpc) is 1.27. The van der Waals surface area contributed by atoms with Gasteiger partial charge in [-0.3, -0.25) is 4.79 Å². The second-order valence-electron chi connectivity index (χ2n) is 0.619. The number of carbonyl (C=O) groups is 1. The van der Waals surface area contributed by atoms with Gasteiger partial charge in [0.05, 0.1) is 0 Å². The molecule has 0 aromatic heterocycles. The van der Waals surface area contributed by atoms with Crippen LogP contribution in [0.15, 0.2) is 0 Å². The number of hydrogen-bond donors (Lipinski definition) is 4. The van der Waals surface area contributed by atoms with Gasteiger partial charge in [-0.05, 0) is 0 Å². The van der Waals surface area contributed by atoms with E-state index >= 15 is 0 Å². The minimum absolute atomic E-state index is 0. The van der Waals surface area contributed by atoms with E-state index in [4.69, 9.17) is 29.1 Å². The molecule has 0 unspecified atom stereocenters. The van der Waals surface area contributed by atoms with Crippen molar-refractivity contribution in [1.29, 1.82) is 0 Å². The molecule has 8 heteroatoms. The van der Waals surface area contributed by atoms with Gasteiger partial charge < -0.3 is 19.8 Å². The van der Waals surface area contributed by atoms with Crippen LogP contribution in [0.3, 0.4) is 0 Å². The molecule has 0 saturated heterocycles. The van der Waals surface area contributed by atoms with Crippen LogP contribution in [0.5, 0.6) is 0 Å². The van der Waals surface area contributed by atoms with Crippen molar-refractivity contribution in [2.45, 2.75) is 0 Å². The summed E-state index contributed by atoms with van der Waals surface area (Å²) >= 11 is 0. The topological polar surface area (TPSA) is 115 Å². The van der Waals surface area contributed by atoms with Gasteiger partial charge in [-0.25, -0.2) is 4.57 Å². The molecule has 0 amide bonds. The second-order valence-corrected chi connectivity index (χ2v) is 1.65. The number of rotatable bonds is 0. The van der Waals surface area contributed by atoms with E-state index in [1.807, 2.05) is 0 Å². The van der Waals surface area contributed by atoms with E-state index in [2.05, 4.69) is 0 Å². The molecule has 0 atom stereocenters. The molecule has 0 spiro atoms. The van der Waals surface area contributed by atoms with Gasteiger partial charge in [-0.2, -0.15) is 0 Å². The van der Waals surface area contributed by atoms with Crippen LogP contribution in [-0.4, -0.2) is 55.8 Å². The summed E-state index contributed by atoms with van der Waals surface area (Å²) in [6.45, 7) is -0.250. The number of carboxylic acid groups (broad SMARTS) is 1. The first kappa shape index (κ1) is 16.3. The molecule has 0 aliphatic heterocycles. The second kappa shape index (κ2) is 8.58. The number of phosphoric acid groups is 1. The summed E-state index contributed by atoms with van der Waals surface area (Å²) < 4.78 is 8.88. The first-order valence-electron chi connectivity index (χ1n) is 1.28. The quantitative estimate of drug-likeness (QED) is 0.191. The van der Waals surface area contributed by atoms with Crippen molar-refractivity contribution >= 4 is 43.9 Å². The molecule has 52 valence electrons. The summed E-state index contributed by atoms with van der Waals surface area (Å²) in [5.41, 5.74) is 0. The molecule has 0 aromatic rings. The Labute approximate surface area is 73.0 Å². The molecule has 0 aliphatic rings. The summed E-state index contributed by atoms with van der Waals surface area (Å²) in [6, 6.07) is 0. The van der Waals surface area contributed by atoms with Gasteiger partial charge in [-0.1, -0.05) is 0 Å². The molecule has 9 heavy (non-hydrogen) atoms. The van der Waals surface area contributed by atoms with Crippen LogP contribution in [0.4, 0.5) is 0 Å². The first-order valence-corrected chi connectivity index (χ1v) is 2.84. The molecule has 0 fully saturated rings. The third-order valence-corrected chi connectivity index (χ3v) is 0. The molecule has 0 heterocycles.